The molecule has 0 saturated carbocycles. The first-order chi connectivity index (χ1) is 7.15. The van der Waals surface area contributed by atoms with Crippen molar-refractivity contribution in [2.45, 2.75) is 25.8 Å². The standard InChI is InChI=1S/C10H18N4O/c1-3-9(11)10(15)12-6-4-8-5-7-13-14(8)2/h5,7,9H,3-4,6,11H2,1-2H3,(H,12,15)/t9-/m1/s1. The predicted molar refractivity (Wildman–Crippen MR) is 58.2 cm³/mol. The molecule has 0 spiro atoms. The predicted octanol–water partition coefficient (Wildman–Crippen LogP) is -0.184. The van der Waals surface area contributed by atoms with Crippen LogP contribution in [0.3, 0.4) is 0 Å². The Labute approximate surface area is 89.6 Å². The van der Waals surface area contributed by atoms with Crippen LogP contribution in [0.15, 0.2) is 12.3 Å². The van der Waals surface area contributed by atoms with Gasteiger partial charge in [-0.05, 0) is 12.5 Å². The summed E-state index contributed by atoms with van der Waals surface area (Å²) >= 11 is 0. The zero-order chi connectivity index (χ0) is 11.3. The lowest BCUT2D eigenvalue weighted by molar-refractivity contribution is -0.122. The van der Waals surface area contributed by atoms with Gasteiger partial charge in [0.2, 0.25) is 5.91 Å². The van der Waals surface area contributed by atoms with Crippen LogP contribution in [0.4, 0.5) is 0 Å². The fourth-order valence-electron chi connectivity index (χ4n) is 1.28. The van der Waals surface area contributed by atoms with E-state index in [1.807, 2.05) is 20.0 Å². The van der Waals surface area contributed by atoms with Crippen LogP contribution in [-0.4, -0.2) is 28.3 Å². The third kappa shape index (κ3) is 3.36. The average Bonchev–Trinajstić information content (AvgIpc) is 2.63. The summed E-state index contributed by atoms with van der Waals surface area (Å²) in [7, 11) is 1.88. The Morgan fingerprint density at radius 1 is 1.73 bits per heavy atom. The zero-order valence-corrected chi connectivity index (χ0v) is 9.23. The van der Waals surface area contributed by atoms with Crippen molar-refractivity contribution >= 4 is 5.91 Å². The van der Waals surface area contributed by atoms with Crippen molar-refractivity contribution in [2.75, 3.05) is 6.54 Å². The molecule has 1 aromatic heterocycles. The monoisotopic (exact) mass is 210 g/mol. The van der Waals surface area contributed by atoms with Crippen molar-refractivity contribution in [2.24, 2.45) is 12.8 Å². The van der Waals surface area contributed by atoms with Crippen LogP contribution in [0.5, 0.6) is 0 Å². The highest BCUT2D eigenvalue weighted by Crippen LogP contribution is 1.96. The van der Waals surface area contributed by atoms with Gasteiger partial charge in [-0.1, -0.05) is 6.92 Å². The van der Waals surface area contributed by atoms with Gasteiger partial charge in [0.05, 0.1) is 6.04 Å². The number of rotatable bonds is 5. The van der Waals surface area contributed by atoms with E-state index >= 15 is 0 Å². The van der Waals surface area contributed by atoms with Crippen molar-refractivity contribution in [3.05, 3.63) is 18.0 Å². The molecule has 1 aromatic rings. The quantitative estimate of drug-likeness (QED) is 0.708. The van der Waals surface area contributed by atoms with Gasteiger partial charge in [0.15, 0.2) is 0 Å². The second-order valence-corrected chi connectivity index (χ2v) is 3.50. The molecular formula is C10H18N4O. The van der Waals surface area contributed by atoms with Crippen molar-refractivity contribution in [1.29, 1.82) is 0 Å². The van der Waals surface area contributed by atoms with E-state index in [2.05, 4.69) is 10.4 Å². The molecule has 1 rings (SSSR count). The van der Waals surface area contributed by atoms with E-state index in [9.17, 15) is 4.79 Å². The number of nitrogens with one attached hydrogen (secondary N) is 1. The first-order valence-corrected chi connectivity index (χ1v) is 5.15. The van der Waals surface area contributed by atoms with E-state index in [1.54, 1.807) is 10.9 Å². The van der Waals surface area contributed by atoms with Crippen LogP contribution in [0.25, 0.3) is 0 Å². The minimum Gasteiger partial charge on any atom is -0.354 e. The summed E-state index contributed by atoms with van der Waals surface area (Å²) in [5, 5.41) is 6.84. The molecule has 5 nitrogen and oxygen atoms in total. The number of aryl methyl sites for hydroxylation is 1. The highest BCUT2D eigenvalue weighted by Gasteiger charge is 2.09. The smallest absolute Gasteiger partial charge is 0.236 e. The number of carbonyl (C=O) groups is 1. The van der Waals surface area contributed by atoms with E-state index in [-0.39, 0.29) is 5.91 Å². The Kier molecular flexibility index (Phi) is 4.30. The van der Waals surface area contributed by atoms with E-state index < -0.39 is 6.04 Å². The molecule has 15 heavy (non-hydrogen) atoms. The molecule has 0 aliphatic heterocycles. The molecule has 0 aliphatic rings. The van der Waals surface area contributed by atoms with Gasteiger partial charge in [-0.15, -0.1) is 0 Å². The van der Waals surface area contributed by atoms with Gasteiger partial charge in [-0.3, -0.25) is 9.48 Å². The van der Waals surface area contributed by atoms with Gasteiger partial charge in [-0.25, -0.2) is 0 Å². The first kappa shape index (κ1) is 11.7. The van der Waals surface area contributed by atoms with Crippen molar-refractivity contribution in [3.8, 4) is 0 Å². The summed E-state index contributed by atoms with van der Waals surface area (Å²) < 4.78 is 1.80. The molecular weight excluding hydrogens is 192 g/mol. The number of nitrogens with zero attached hydrogens (tertiary/aromatic N) is 2. The highest BCUT2D eigenvalue weighted by molar-refractivity contribution is 5.81. The molecule has 0 unspecified atom stereocenters. The number of carbonyl (C=O) groups excluding carboxylic acids is 1. The molecule has 1 amide bonds. The Morgan fingerprint density at radius 2 is 2.47 bits per heavy atom. The Balaban J connectivity index is 2.28. The van der Waals surface area contributed by atoms with Crippen LogP contribution >= 0.6 is 0 Å². The molecule has 1 heterocycles. The van der Waals surface area contributed by atoms with Gasteiger partial charge in [-0.2, -0.15) is 5.10 Å². The Hall–Kier alpha value is -1.36. The third-order valence-electron chi connectivity index (χ3n) is 2.38. The zero-order valence-electron chi connectivity index (χ0n) is 9.23. The van der Waals surface area contributed by atoms with Crippen molar-refractivity contribution < 1.29 is 4.79 Å². The van der Waals surface area contributed by atoms with E-state index in [0.29, 0.717) is 13.0 Å². The van der Waals surface area contributed by atoms with Gasteiger partial charge in [0.1, 0.15) is 0 Å². The highest BCUT2D eigenvalue weighted by atomic mass is 16.2. The first-order valence-electron chi connectivity index (χ1n) is 5.15. The fourth-order valence-corrected chi connectivity index (χ4v) is 1.28. The van der Waals surface area contributed by atoms with Crippen molar-refractivity contribution in [1.82, 2.24) is 15.1 Å². The normalized spacial score (nSPS) is 12.5. The van der Waals surface area contributed by atoms with Gasteiger partial charge in [0.25, 0.3) is 0 Å². The summed E-state index contributed by atoms with van der Waals surface area (Å²) in [5.41, 5.74) is 6.67. The number of nitrogens with two attached hydrogens (primary N) is 1. The van der Waals surface area contributed by atoms with E-state index in [4.69, 9.17) is 5.73 Å². The number of amides is 1. The van der Waals surface area contributed by atoms with Crippen LogP contribution < -0.4 is 11.1 Å². The summed E-state index contributed by atoms with van der Waals surface area (Å²) in [6.45, 7) is 2.50. The molecule has 0 aromatic carbocycles. The number of hydrogen-bond acceptors (Lipinski definition) is 3. The fraction of sp³-hybridized carbons (Fsp3) is 0.600. The molecule has 1 atom stereocenters. The minimum atomic E-state index is -0.392. The Morgan fingerprint density at radius 3 is 3.00 bits per heavy atom. The SMILES string of the molecule is CC[C@@H](N)C(=O)NCCc1ccnn1C. The molecule has 0 radical (unpaired) electrons. The van der Waals surface area contributed by atoms with Crippen LogP contribution in [-0.2, 0) is 18.3 Å². The Bertz CT molecular complexity index is 321. The van der Waals surface area contributed by atoms with Crippen LogP contribution in [0, 0.1) is 0 Å². The second kappa shape index (κ2) is 5.50. The van der Waals surface area contributed by atoms with Gasteiger partial charge in [0, 0.05) is 31.9 Å². The molecule has 0 bridgehead atoms. The largest absolute Gasteiger partial charge is 0.354 e. The molecule has 0 saturated heterocycles. The van der Waals surface area contributed by atoms with Gasteiger partial charge < -0.3 is 11.1 Å². The number of hydrogen-bond donors (Lipinski definition) is 2. The molecule has 3 N–H and O–H groups in total. The number of aromatic nitrogens is 2. The summed E-state index contributed by atoms with van der Waals surface area (Å²) in [4.78, 5) is 11.3. The maximum atomic E-state index is 11.3. The molecule has 5 heteroatoms. The lowest BCUT2D eigenvalue weighted by atomic mass is 10.2. The molecule has 84 valence electrons. The topological polar surface area (TPSA) is 72.9 Å². The maximum absolute atomic E-state index is 11.3. The third-order valence-corrected chi connectivity index (χ3v) is 2.38. The summed E-state index contributed by atoms with van der Waals surface area (Å²) in [6, 6.07) is 1.54. The summed E-state index contributed by atoms with van der Waals surface area (Å²) in [5.74, 6) is -0.0836. The average molecular weight is 210 g/mol. The molecule has 0 fully saturated rings. The molecule has 0 aliphatic carbocycles. The van der Waals surface area contributed by atoms with E-state index in [0.717, 1.165) is 12.1 Å². The van der Waals surface area contributed by atoms with Crippen LogP contribution in [0.1, 0.15) is 19.0 Å². The lowest BCUT2D eigenvalue weighted by Gasteiger charge is -2.09. The van der Waals surface area contributed by atoms with Gasteiger partial charge >= 0.3 is 0 Å². The van der Waals surface area contributed by atoms with Crippen LogP contribution in [0.2, 0.25) is 0 Å². The lowest BCUT2D eigenvalue weighted by Crippen LogP contribution is -2.40. The van der Waals surface area contributed by atoms with E-state index in [1.165, 1.54) is 0 Å². The summed E-state index contributed by atoms with van der Waals surface area (Å²) in [6.07, 6.45) is 3.19. The van der Waals surface area contributed by atoms with Crippen molar-refractivity contribution in [3.63, 3.8) is 0 Å². The second-order valence-electron chi connectivity index (χ2n) is 3.50. The minimum absolute atomic E-state index is 0.0836. The maximum Gasteiger partial charge on any atom is 0.236 e.